The number of fused-ring (bicyclic) bond motifs is 1. The smallest absolute Gasteiger partial charge is 0.274 e. The standard InChI is InChI=1S/C26H27N5O3/c1-18-4-3-9-31-17-23(29-25(18)31)19-5-7-21(8-6-19)28-26(32)24-20(14-22(33-2)15-27-24)16-30-10-12-34-13-11-30/h3-9,14-15,17H,10-13,16H2,1-2H3,(H,28,32). The van der Waals surface area contributed by atoms with E-state index in [1.807, 2.05) is 66.2 Å². The van der Waals surface area contributed by atoms with Gasteiger partial charge in [0.05, 0.1) is 32.2 Å². The summed E-state index contributed by atoms with van der Waals surface area (Å²) in [5.41, 5.74) is 5.85. The van der Waals surface area contributed by atoms with Gasteiger partial charge >= 0.3 is 0 Å². The summed E-state index contributed by atoms with van der Waals surface area (Å²) in [5, 5.41) is 2.98. The zero-order valence-electron chi connectivity index (χ0n) is 19.3. The molecule has 0 bridgehead atoms. The van der Waals surface area contributed by atoms with Crippen molar-refractivity contribution in [1.82, 2.24) is 19.3 Å². The topological polar surface area (TPSA) is 81.0 Å². The van der Waals surface area contributed by atoms with Crippen molar-refractivity contribution in [1.29, 1.82) is 0 Å². The number of hydrogen-bond donors (Lipinski definition) is 1. The van der Waals surface area contributed by atoms with Crippen LogP contribution in [-0.4, -0.2) is 58.6 Å². The van der Waals surface area contributed by atoms with Crippen LogP contribution >= 0.6 is 0 Å². The van der Waals surface area contributed by atoms with Gasteiger partial charge in [0.1, 0.15) is 17.1 Å². The van der Waals surface area contributed by atoms with E-state index in [0.29, 0.717) is 36.9 Å². The van der Waals surface area contributed by atoms with Crippen LogP contribution in [0.5, 0.6) is 5.75 Å². The van der Waals surface area contributed by atoms with E-state index in [1.165, 1.54) is 0 Å². The Labute approximate surface area is 198 Å². The number of anilines is 1. The van der Waals surface area contributed by atoms with Crippen LogP contribution in [0.1, 0.15) is 21.6 Å². The molecule has 1 aromatic carbocycles. The highest BCUT2D eigenvalue weighted by atomic mass is 16.5. The van der Waals surface area contributed by atoms with Crippen molar-refractivity contribution in [3.05, 3.63) is 77.9 Å². The van der Waals surface area contributed by atoms with Crippen LogP contribution in [0.3, 0.4) is 0 Å². The molecule has 4 aromatic rings. The van der Waals surface area contributed by atoms with Crippen LogP contribution in [0.4, 0.5) is 5.69 Å². The number of pyridine rings is 2. The number of hydrogen-bond acceptors (Lipinski definition) is 6. The van der Waals surface area contributed by atoms with Gasteiger partial charge in [0.2, 0.25) is 0 Å². The molecular weight excluding hydrogens is 430 g/mol. The summed E-state index contributed by atoms with van der Waals surface area (Å²) in [6.07, 6.45) is 5.57. The van der Waals surface area contributed by atoms with Gasteiger partial charge < -0.3 is 19.2 Å². The molecule has 0 saturated carbocycles. The number of ether oxygens (including phenoxy) is 2. The van der Waals surface area contributed by atoms with E-state index in [4.69, 9.17) is 14.5 Å². The zero-order chi connectivity index (χ0) is 23.5. The van der Waals surface area contributed by atoms with E-state index in [2.05, 4.69) is 15.2 Å². The van der Waals surface area contributed by atoms with Crippen LogP contribution in [0.25, 0.3) is 16.9 Å². The highest BCUT2D eigenvalue weighted by Crippen LogP contribution is 2.24. The summed E-state index contributed by atoms with van der Waals surface area (Å²) in [7, 11) is 1.60. The molecule has 0 spiro atoms. The van der Waals surface area contributed by atoms with Crippen molar-refractivity contribution in [3.8, 4) is 17.0 Å². The van der Waals surface area contributed by atoms with Crippen LogP contribution in [0, 0.1) is 6.92 Å². The summed E-state index contributed by atoms with van der Waals surface area (Å²) in [5.74, 6) is 0.383. The lowest BCUT2D eigenvalue weighted by Crippen LogP contribution is -2.36. The Bertz CT molecular complexity index is 1310. The van der Waals surface area contributed by atoms with Gasteiger partial charge in [-0.05, 0) is 36.8 Å². The number of aromatic nitrogens is 3. The first-order valence-electron chi connectivity index (χ1n) is 11.3. The molecule has 3 aromatic heterocycles. The van der Waals surface area contributed by atoms with Crippen LogP contribution < -0.4 is 10.1 Å². The maximum atomic E-state index is 13.1. The molecular formula is C26H27N5O3. The summed E-state index contributed by atoms with van der Waals surface area (Å²) in [6, 6.07) is 13.6. The molecule has 1 fully saturated rings. The predicted octanol–water partition coefficient (Wildman–Crippen LogP) is 3.80. The first kappa shape index (κ1) is 22.1. The third-order valence-electron chi connectivity index (χ3n) is 6.01. The Balaban J connectivity index is 1.34. The van der Waals surface area contributed by atoms with Crippen molar-refractivity contribution < 1.29 is 14.3 Å². The number of carbonyl (C=O) groups excluding carboxylic acids is 1. The van der Waals surface area contributed by atoms with Gasteiger partial charge in [-0.3, -0.25) is 9.69 Å². The van der Waals surface area contributed by atoms with Crippen molar-refractivity contribution in [3.63, 3.8) is 0 Å². The van der Waals surface area contributed by atoms with E-state index in [0.717, 1.165) is 41.1 Å². The fourth-order valence-electron chi connectivity index (χ4n) is 4.13. The molecule has 1 N–H and O–H groups in total. The fourth-order valence-corrected chi connectivity index (χ4v) is 4.13. The predicted molar refractivity (Wildman–Crippen MR) is 130 cm³/mol. The molecule has 174 valence electrons. The minimum Gasteiger partial charge on any atom is -0.495 e. The molecule has 0 unspecified atom stereocenters. The average Bonchev–Trinajstić information content (AvgIpc) is 3.31. The third kappa shape index (κ3) is 4.64. The lowest BCUT2D eigenvalue weighted by molar-refractivity contribution is 0.0340. The lowest BCUT2D eigenvalue weighted by Gasteiger charge is -2.27. The van der Waals surface area contributed by atoms with Gasteiger partial charge in [-0.25, -0.2) is 9.97 Å². The molecule has 0 atom stereocenters. The molecule has 1 saturated heterocycles. The largest absolute Gasteiger partial charge is 0.495 e. The molecule has 1 amide bonds. The number of rotatable bonds is 6. The van der Waals surface area contributed by atoms with Crippen LogP contribution in [0.15, 0.2) is 61.1 Å². The van der Waals surface area contributed by atoms with Gasteiger partial charge in [-0.1, -0.05) is 18.2 Å². The summed E-state index contributed by atoms with van der Waals surface area (Å²) in [4.78, 5) is 24.5. The third-order valence-corrected chi connectivity index (χ3v) is 6.01. The Morgan fingerprint density at radius 2 is 1.97 bits per heavy atom. The minimum atomic E-state index is -0.248. The molecule has 8 nitrogen and oxygen atoms in total. The maximum Gasteiger partial charge on any atom is 0.274 e. The normalized spacial score (nSPS) is 14.3. The van der Waals surface area contributed by atoms with Crippen molar-refractivity contribution in [2.45, 2.75) is 13.5 Å². The van der Waals surface area contributed by atoms with E-state index < -0.39 is 0 Å². The van der Waals surface area contributed by atoms with E-state index in [1.54, 1.807) is 13.3 Å². The lowest BCUT2D eigenvalue weighted by atomic mass is 10.1. The van der Waals surface area contributed by atoms with E-state index in [-0.39, 0.29) is 5.91 Å². The number of nitrogens with one attached hydrogen (secondary N) is 1. The fraction of sp³-hybridized carbons (Fsp3) is 0.269. The molecule has 8 heteroatoms. The van der Waals surface area contributed by atoms with E-state index in [9.17, 15) is 4.79 Å². The summed E-state index contributed by atoms with van der Waals surface area (Å²) >= 11 is 0. The second kappa shape index (κ2) is 9.62. The Kier molecular flexibility index (Phi) is 6.24. The molecule has 4 heterocycles. The molecule has 5 rings (SSSR count). The van der Waals surface area contributed by atoms with E-state index >= 15 is 0 Å². The monoisotopic (exact) mass is 457 g/mol. The summed E-state index contributed by atoms with van der Waals surface area (Å²) < 4.78 is 12.8. The number of amides is 1. The number of morpholine rings is 1. The SMILES string of the molecule is COc1cnc(C(=O)Nc2ccc(-c3cn4cccc(C)c4n3)cc2)c(CN2CCOCC2)c1. The second-order valence-electron chi connectivity index (χ2n) is 8.35. The molecule has 1 aliphatic rings. The summed E-state index contributed by atoms with van der Waals surface area (Å²) in [6.45, 7) is 5.69. The first-order valence-corrected chi connectivity index (χ1v) is 11.3. The molecule has 0 aliphatic carbocycles. The van der Waals surface area contributed by atoms with Crippen LogP contribution in [0.2, 0.25) is 0 Å². The van der Waals surface area contributed by atoms with Crippen molar-refractivity contribution in [2.24, 2.45) is 0 Å². The maximum absolute atomic E-state index is 13.1. The average molecular weight is 458 g/mol. The van der Waals surface area contributed by atoms with Gasteiger partial charge in [0.15, 0.2) is 0 Å². The number of imidazole rings is 1. The van der Waals surface area contributed by atoms with Gasteiger partial charge in [-0.2, -0.15) is 0 Å². The highest BCUT2D eigenvalue weighted by molar-refractivity contribution is 6.04. The quantitative estimate of drug-likeness (QED) is 0.474. The Hall–Kier alpha value is -3.75. The number of nitrogens with zero attached hydrogens (tertiary/aromatic N) is 4. The van der Waals surface area contributed by atoms with Gasteiger partial charge in [0, 0.05) is 48.8 Å². The first-order chi connectivity index (χ1) is 16.6. The highest BCUT2D eigenvalue weighted by Gasteiger charge is 2.19. The number of carbonyl (C=O) groups is 1. The minimum absolute atomic E-state index is 0.248. The Morgan fingerprint density at radius 1 is 1.18 bits per heavy atom. The number of aryl methyl sites for hydroxylation is 1. The second-order valence-corrected chi connectivity index (χ2v) is 8.35. The molecule has 1 aliphatic heterocycles. The van der Waals surface area contributed by atoms with Gasteiger partial charge in [0.25, 0.3) is 5.91 Å². The van der Waals surface area contributed by atoms with Crippen molar-refractivity contribution >= 4 is 17.2 Å². The van der Waals surface area contributed by atoms with Crippen LogP contribution in [-0.2, 0) is 11.3 Å². The van der Waals surface area contributed by atoms with Gasteiger partial charge in [-0.15, -0.1) is 0 Å². The number of methoxy groups -OCH3 is 1. The van der Waals surface area contributed by atoms with Crippen molar-refractivity contribution in [2.75, 3.05) is 38.7 Å². The molecule has 0 radical (unpaired) electrons. The molecule has 34 heavy (non-hydrogen) atoms. The zero-order valence-corrected chi connectivity index (χ0v) is 19.3. The number of benzene rings is 1. The Morgan fingerprint density at radius 3 is 2.71 bits per heavy atom.